The Labute approximate surface area is 398 Å². The molecule has 0 saturated carbocycles. The van der Waals surface area contributed by atoms with Crippen molar-refractivity contribution in [1.29, 1.82) is 0 Å². The molecule has 0 bridgehead atoms. The first kappa shape index (κ1) is 39.0. The zero-order valence-corrected chi connectivity index (χ0v) is 37.4. The van der Waals surface area contributed by atoms with E-state index in [-0.39, 0.29) is 0 Å². The minimum atomic E-state index is 0.857. The second kappa shape index (κ2) is 15.7. The van der Waals surface area contributed by atoms with Gasteiger partial charge in [-0.15, -0.1) is 0 Å². The van der Waals surface area contributed by atoms with E-state index >= 15 is 0 Å². The molecule has 69 heavy (non-hydrogen) atoms. The molecule has 3 heteroatoms. The van der Waals surface area contributed by atoms with Gasteiger partial charge in [0.2, 0.25) is 0 Å². The lowest BCUT2D eigenvalue weighted by atomic mass is 9.92. The second-order valence-corrected chi connectivity index (χ2v) is 17.9. The molecule has 0 aliphatic carbocycles. The third kappa shape index (κ3) is 6.21. The molecule has 0 unspecified atom stereocenters. The normalized spacial score (nSPS) is 11.8. The summed E-state index contributed by atoms with van der Waals surface area (Å²) < 4.78 is 15.9. The quantitative estimate of drug-likeness (QED) is 0.160. The molecule has 14 aromatic rings. The van der Waals surface area contributed by atoms with E-state index in [1.807, 2.05) is 12.1 Å². The summed E-state index contributed by atoms with van der Waals surface area (Å²) in [6.07, 6.45) is 0. The summed E-state index contributed by atoms with van der Waals surface area (Å²) >= 11 is 0. The Bertz CT molecular complexity index is 4160. The first-order chi connectivity index (χ1) is 34.2. The van der Waals surface area contributed by atoms with E-state index in [2.05, 4.69) is 241 Å². The molecule has 0 aliphatic heterocycles. The van der Waals surface area contributed by atoms with Crippen molar-refractivity contribution in [2.45, 2.75) is 0 Å². The molecule has 322 valence electrons. The first-order valence-electron chi connectivity index (χ1n) is 23.6. The topological polar surface area (TPSA) is 31.2 Å². The van der Waals surface area contributed by atoms with Crippen LogP contribution in [0.2, 0.25) is 0 Å². The summed E-state index contributed by atoms with van der Waals surface area (Å²) in [5.74, 6) is 0. The molecule has 3 nitrogen and oxygen atoms in total. The summed E-state index contributed by atoms with van der Waals surface area (Å²) in [6, 6.07) is 89.5. The Hall–Kier alpha value is -9.18. The predicted molar refractivity (Wildman–Crippen MR) is 288 cm³/mol. The van der Waals surface area contributed by atoms with Crippen LogP contribution in [0, 0.1) is 0 Å². The van der Waals surface area contributed by atoms with Gasteiger partial charge in [0.15, 0.2) is 0 Å². The van der Waals surface area contributed by atoms with Gasteiger partial charge in [0.1, 0.15) is 22.3 Å². The van der Waals surface area contributed by atoms with Crippen LogP contribution in [0.4, 0.5) is 0 Å². The molecule has 3 heterocycles. The van der Waals surface area contributed by atoms with E-state index in [1.165, 1.54) is 44.2 Å². The van der Waals surface area contributed by atoms with Gasteiger partial charge in [-0.1, -0.05) is 206 Å². The molecule has 0 fully saturated rings. The summed E-state index contributed by atoms with van der Waals surface area (Å²) in [4.78, 5) is 0. The van der Waals surface area contributed by atoms with Gasteiger partial charge in [-0.2, -0.15) is 0 Å². The predicted octanol–water partition coefficient (Wildman–Crippen LogP) is 18.6. The Morgan fingerprint density at radius 2 is 0.667 bits per heavy atom. The minimum Gasteiger partial charge on any atom is -0.456 e. The summed E-state index contributed by atoms with van der Waals surface area (Å²) in [6.45, 7) is 0. The third-order valence-electron chi connectivity index (χ3n) is 14.1. The maximum absolute atomic E-state index is 6.85. The highest BCUT2D eigenvalue weighted by Gasteiger charge is 2.25. The van der Waals surface area contributed by atoms with Crippen LogP contribution in [0.25, 0.3) is 138 Å². The van der Waals surface area contributed by atoms with Crippen molar-refractivity contribution < 1.29 is 8.83 Å². The van der Waals surface area contributed by atoms with Crippen molar-refractivity contribution in [2.75, 3.05) is 0 Å². The Morgan fingerprint density at radius 1 is 0.246 bits per heavy atom. The van der Waals surface area contributed by atoms with Crippen LogP contribution in [0.15, 0.2) is 258 Å². The molecule has 0 N–H and O–H groups in total. The largest absolute Gasteiger partial charge is 0.456 e. The van der Waals surface area contributed by atoms with E-state index in [4.69, 9.17) is 8.83 Å². The molecule has 11 aromatic carbocycles. The maximum atomic E-state index is 6.85. The van der Waals surface area contributed by atoms with Crippen molar-refractivity contribution in [1.82, 2.24) is 4.57 Å². The van der Waals surface area contributed by atoms with Crippen molar-refractivity contribution in [2.24, 2.45) is 0 Å². The molecule has 0 amide bonds. The molecule has 14 rings (SSSR count). The number of rotatable bonds is 7. The van der Waals surface area contributed by atoms with Gasteiger partial charge < -0.3 is 13.4 Å². The summed E-state index contributed by atoms with van der Waals surface area (Å²) in [5.41, 5.74) is 20.5. The average molecular weight is 880 g/mol. The molecule has 0 radical (unpaired) electrons. The van der Waals surface area contributed by atoms with Gasteiger partial charge >= 0.3 is 0 Å². The van der Waals surface area contributed by atoms with Crippen LogP contribution in [0.1, 0.15) is 0 Å². The third-order valence-corrected chi connectivity index (χ3v) is 14.1. The van der Waals surface area contributed by atoms with Crippen LogP contribution in [0.3, 0.4) is 0 Å². The number of aromatic nitrogens is 1. The number of hydrogen-bond acceptors (Lipinski definition) is 2. The number of benzene rings is 11. The van der Waals surface area contributed by atoms with Crippen molar-refractivity contribution in [3.05, 3.63) is 249 Å². The fourth-order valence-corrected chi connectivity index (χ4v) is 11.0. The van der Waals surface area contributed by atoms with Gasteiger partial charge in [0.25, 0.3) is 0 Å². The van der Waals surface area contributed by atoms with Crippen molar-refractivity contribution in [3.8, 4) is 72.4 Å². The highest BCUT2D eigenvalue weighted by molar-refractivity contribution is 6.18. The van der Waals surface area contributed by atoms with E-state index < -0.39 is 0 Å². The van der Waals surface area contributed by atoms with Crippen molar-refractivity contribution >= 4 is 65.7 Å². The highest BCUT2D eigenvalue weighted by atomic mass is 16.3. The zero-order chi connectivity index (χ0) is 45.4. The van der Waals surface area contributed by atoms with Gasteiger partial charge in [0.05, 0.1) is 16.7 Å². The average Bonchev–Trinajstić information content (AvgIpc) is 4.10. The van der Waals surface area contributed by atoms with Gasteiger partial charge in [0, 0.05) is 49.0 Å². The maximum Gasteiger partial charge on any atom is 0.143 e. The van der Waals surface area contributed by atoms with E-state index in [1.54, 1.807) is 0 Å². The van der Waals surface area contributed by atoms with Gasteiger partial charge in [-0.05, 0) is 92.5 Å². The smallest absolute Gasteiger partial charge is 0.143 e. The van der Waals surface area contributed by atoms with E-state index in [0.717, 1.165) is 94.0 Å². The van der Waals surface area contributed by atoms with Gasteiger partial charge in [-0.25, -0.2) is 0 Å². The monoisotopic (exact) mass is 879 g/mol. The number of para-hydroxylation sites is 4. The number of nitrogens with zero attached hydrogens (tertiary/aromatic N) is 1. The van der Waals surface area contributed by atoms with Crippen LogP contribution < -0.4 is 0 Å². The molecular formula is C66H41NO2. The number of fused-ring (bicyclic) bond motifs is 9. The molecule has 0 saturated heterocycles. The second-order valence-electron chi connectivity index (χ2n) is 17.9. The van der Waals surface area contributed by atoms with E-state index in [9.17, 15) is 0 Å². The zero-order valence-electron chi connectivity index (χ0n) is 37.4. The van der Waals surface area contributed by atoms with Crippen LogP contribution in [-0.4, -0.2) is 4.57 Å². The summed E-state index contributed by atoms with van der Waals surface area (Å²) in [7, 11) is 0. The Morgan fingerprint density at radius 3 is 1.29 bits per heavy atom. The molecular weight excluding hydrogens is 839 g/mol. The summed E-state index contributed by atoms with van der Waals surface area (Å²) in [5, 5.41) is 6.70. The molecule has 3 aromatic heterocycles. The minimum absolute atomic E-state index is 0.857. The Kier molecular flexibility index (Phi) is 8.90. The fraction of sp³-hybridized carbons (Fsp3) is 0. The fourth-order valence-electron chi connectivity index (χ4n) is 11.0. The van der Waals surface area contributed by atoms with Gasteiger partial charge in [-0.3, -0.25) is 0 Å². The molecule has 0 atom stereocenters. The number of hydrogen-bond donors (Lipinski definition) is 0. The molecule has 0 spiro atoms. The molecule has 0 aliphatic rings. The SMILES string of the molecule is c1ccc(-c2ccccc2-c2ccc3c(c2)c2cc(-c4ccccc4-c4ccccc4)ccc2n3-c2c(-c3cccc4c3oc3ccccc34)cccc2-c2cccc3oc4ccccc4c23)cc1. The lowest BCUT2D eigenvalue weighted by molar-refractivity contribution is 0.669. The van der Waals surface area contributed by atoms with E-state index in [0.29, 0.717) is 0 Å². The van der Waals surface area contributed by atoms with Crippen LogP contribution in [0.5, 0.6) is 0 Å². The number of furan rings is 2. The lowest BCUT2D eigenvalue weighted by Crippen LogP contribution is -2.01. The highest BCUT2D eigenvalue weighted by Crippen LogP contribution is 2.48. The van der Waals surface area contributed by atoms with Crippen LogP contribution >= 0.6 is 0 Å². The first-order valence-corrected chi connectivity index (χ1v) is 23.6. The standard InChI is InChI=1S/C66H41NO2/c1-3-18-42(19-4-1)46-22-7-9-24-48(46)44-36-38-59-57(40-44)58-41-45(49-25-10-8-23-47(49)43-20-5-2-6-21-43)37-39-60(58)67(59)65-52(51-28-17-35-63-64(51)56-27-12-14-34-62(56)68-63)29-15-30-53(65)55-32-16-31-54-50-26-11-13-33-61(50)69-66(54)55/h1-41H. The lowest BCUT2D eigenvalue weighted by Gasteiger charge is -2.20. The van der Waals surface area contributed by atoms with Crippen LogP contribution in [-0.2, 0) is 0 Å². The Balaban J connectivity index is 1.11. The van der Waals surface area contributed by atoms with Crippen molar-refractivity contribution in [3.63, 3.8) is 0 Å².